The van der Waals surface area contributed by atoms with E-state index in [1.807, 2.05) is 55.5 Å². The van der Waals surface area contributed by atoms with Gasteiger partial charge in [-0.15, -0.1) is 0 Å². The second kappa shape index (κ2) is 33.0. The number of ether oxygens (including phenoxy) is 1. The highest BCUT2D eigenvalue weighted by atomic mass is 18.0. The molecule has 7 aromatic carbocycles. The molecule has 444 valence electrons. The highest BCUT2D eigenvalue weighted by Crippen LogP contribution is 2.29. The van der Waals surface area contributed by atoms with Gasteiger partial charge in [-0.3, -0.25) is 9.69 Å². The van der Waals surface area contributed by atoms with E-state index in [0.29, 0.717) is 25.4 Å². The standard InChI is InChI=1S/C25H24N2O2.C24H23N3.C21H24N2O.5FH/c1-2-13-29-23-15-18(14-22(28)16-23)17-26-21-10-7-20(8-11-21)25-12-9-19-5-3-4-6-24(19)27-25;1-16-12-18(3)26-21(13-16)15-25-20-10-8-19(9-11-20)24-14-17(2)22-6-4-5-7-23(22)27-24;1-3-12-23(13-14-24)18-10-8-17(9-11-18)21-15-16(2)19-6-4-5-7-20(19)22-21;;;;;/h3-12,14-16,26,28H,2,13,17H2,1H3;4-14,25H,15H2,1-3H3;4-11,15,24H,3,12-14H2,1-2H3;5*1H/p-4/i;;;5*1-1. The lowest BCUT2D eigenvalue weighted by Crippen LogP contribution is -3.00. The number of phenolic OH excluding ortho intramolecular Hbond substituents is 1. The Morgan fingerprint density at radius 2 is 1.00 bits per heavy atom. The maximum absolute atomic E-state index is 9.91. The first-order valence-electron chi connectivity index (χ1n) is 27.7. The van der Waals surface area contributed by atoms with Crippen LogP contribution in [0.1, 0.15) is 60.3 Å². The Morgan fingerprint density at radius 3 is 1.55 bits per heavy atom. The molecular weight excluding hydrogens is 1080 g/mol. The van der Waals surface area contributed by atoms with Crippen molar-refractivity contribution < 1.29 is 38.5 Å². The van der Waals surface area contributed by atoms with Crippen molar-refractivity contribution in [2.24, 2.45) is 0 Å². The topological polar surface area (TPSA) is 129 Å². The number of aliphatic hydroxyl groups is 1. The number of hydrogen-bond acceptors (Lipinski definition) is 10. The van der Waals surface area contributed by atoms with Crippen LogP contribution in [0.4, 0.5) is 21.8 Å². The zero-order valence-electron chi connectivity index (χ0n) is 48.7. The van der Waals surface area contributed by atoms with E-state index < -0.39 is 0 Å². The van der Waals surface area contributed by atoms with Crippen LogP contribution in [-0.4, -0.2) is 56.5 Å². The number of anilines is 3. The molecule has 0 amide bonds. The molecular formula is C70H72F5N7O3-4. The molecule has 0 aliphatic carbocycles. The second-order valence-corrected chi connectivity index (χ2v) is 20.2. The number of para-hydroxylation sites is 3. The van der Waals surface area contributed by atoms with E-state index in [2.05, 4.69) is 195 Å². The van der Waals surface area contributed by atoms with Gasteiger partial charge < -0.3 is 49.3 Å². The molecule has 0 fully saturated rings. The van der Waals surface area contributed by atoms with Gasteiger partial charge in [0.1, 0.15) is 11.5 Å². The van der Waals surface area contributed by atoms with Crippen LogP contribution in [0.2, 0.25) is 0 Å². The predicted molar refractivity (Wildman–Crippen MR) is 335 cm³/mol. The minimum atomic E-state index is 0. The molecule has 0 radical (unpaired) electrons. The molecule has 0 spiro atoms. The normalized spacial score (nSPS) is 10.2. The number of rotatable bonds is 17. The fourth-order valence-corrected chi connectivity index (χ4v) is 9.80. The van der Waals surface area contributed by atoms with E-state index in [0.717, 1.165) is 116 Å². The minimum Gasteiger partial charge on any atom is -1.00 e. The van der Waals surface area contributed by atoms with E-state index >= 15 is 0 Å². The van der Waals surface area contributed by atoms with Gasteiger partial charge in [-0.25, -0.2) is 15.0 Å². The summed E-state index contributed by atoms with van der Waals surface area (Å²) in [6, 6.07) is 67.8. The van der Waals surface area contributed by atoms with Crippen molar-refractivity contribution in [1.82, 2.24) is 19.9 Å². The number of hydrogen-bond donors (Lipinski definition) is 4. The zero-order valence-corrected chi connectivity index (χ0v) is 48.7. The number of pyridine rings is 4. The lowest BCUT2D eigenvalue weighted by Gasteiger charge is -2.23. The third kappa shape index (κ3) is 18.3. The summed E-state index contributed by atoms with van der Waals surface area (Å²) in [5.74, 6) is 0.912. The molecule has 0 bridgehead atoms. The molecule has 11 rings (SSSR count). The summed E-state index contributed by atoms with van der Waals surface area (Å²) in [4.78, 5) is 21.2. The maximum atomic E-state index is 9.91. The molecule has 15 heteroatoms. The van der Waals surface area contributed by atoms with Crippen LogP contribution in [0.5, 0.6) is 11.5 Å². The van der Waals surface area contributed by atoms with E-state index in [-0.39, 0.29) is 35.9 Å². The Kier molecular flexibility index (Phi) is 26.4. The van der Waals surface area contributed by atoms with Crippen LogP contribution in [0.15, 0.2) is 200 Å². The first kappa shape index (κ1) is 68.0. The summed E-state index contributed by atoms with van der Waals surface area (Å²) in [6.45, 7) is 16.4. The van der Waals surface area contributed by atoms with Crippen molar-refractivity contribution in [2.45, 2.75) is 67.5 Å². The highest BCUT2D eigenvalue weighted by Gasteiger charge is 2.10. The minimum absolute atomic E-state index is 0. The number of benzene rings is 7. The van der Waals surface area contributed by atoms with Crippen LogP contribution in [-0.2, 0) is 13.1 Å². The van der Waals surface area contributed by atoms with Crippen molar-refractivity contribution in [3.63, 3.8) is 0 Å². The molecule has 0 unspecified atom stereocenters. The van der Waals surface area contributed by atoms with E-state index in [1.165, 1.54) is 27.5 Å². The van der Waals surface area contributed by atoms with Gasteiger partial charge in [-0.05, 0) is 160 Å². The summed E-state index contributed by atoms with van der Waals surface area (Å²) in [5.41, 5.74) is 19.4. The average Bonchev–Trinajstić information content (AvgIpc) is 3.69. The van der Waals surface area contributed by atoms with Crippen molar-refractivity contribution >= 4 is 49.8 Å². The Labute approximate surface area is 494 Å². The van der Waals surface area contributed by atoms with Crippen LogP contribution >= 0.6 is 0 Å². The van der Waals surface area contributed by atoms with Gasteiger partial charge in [-0.1, -0.05) is 111 Å². The summed E-state index contributed by atoms with van der Waals surface area (Å²) in [5, 5.41) is 29.5. The van der Waals surface area contributed by atoms with Gasteiger partial charge in [0.2, 0.25) is 0 Å². The number of nitrogens with zero attached hydrogens (tertiary/aromatic N) is 5. The molecule has 4 N–H and O–H groups in total. The van der Waals surface area contributed by atoms with Crippen molar-refractivity contribution in [1.29, 1.82) is 0 Å². The third-order valence-electron chi connectivity index (χ3n) is 13.7. The molecule has 0 saturated carbocycles. The fraction of sp³-hybridized carbons (Fsp3) is 0.200. The summed E-state index contributed by atoms with van der Waals surface area (Å²) in [7, 11) is 0. The molecule has 0 aliphatic heterocycles. The van der Waals surface area contributed by atoms with E-state index in [4.69, 9.17) is 19.7 Å². The predicted octanol–water partition coefficient (Wildman–Crippen LogP) is 4.43. The SMILES string of the molecule is CCCN(CCO)c1ccc(-c2cc(C)c3ccccc3n2)cc1.CCCOc1cc(O)cc(CNc2ccc(-c3ccc4ccccc4n3)cc2)c1.Cc1cc(C)nc(CNc2ccc(-c3cc(C)c4ccccc4n3)cc2)c1.[18F-].[18F-].[18F-].[18F-].[18FH]. The average molecular weight is 1150 g/mol. The van der Waals surface area contributed by atoms with Crippen LogP contribution in [0, 0.1) is 27.7 Å². The smallest absolute Gasteiger partial charge is 0.123 e. The quantitative estimate of drug-likeness (QED) is 0.0974. The van der Waals surface area contributed by atoms with Crippen molar-refractivity contribution in [3.8, 4) is 45.3 Å². The lowest BCUT2D eigenvalue weighted by molar-refractivity contribution is -0.00100. The Morgan fingerprint density at radius 1 is 0.482 bits per heavy atom. The Hall–Kier alpha value is -9.47. The first-order valence-corrected chi connectivity index (χ1v) is 27.7. The number of aryl methyl sites for hydroxylation is 4. The lowest BCUT2D eigenvalue weighted by atomic mass is 10.0. The van der Waals surface area contributed by atoms with Crippen molar-refractivity contribution in [2.75, 3.05) is 41.8 Å². The molecule has 0 saturated heterocycles. The van der Waals surface area contributed by atoms with Crippen LogP contribution in [0.3, 0.4) is 0 Å². The number of phenols is 1. The summed E-state index contributed by atoms with van der Waals surface area (Å²) < 4.78 is 5.63. The van der Waals surface area contributed by atoms with E-state index in [9.17, 15) is 10.2 Å². The second-order valence-electron chi connectivity index (χ2n) is 20.2. The van der Waals surface area contributed by atoms with E-state index in [1.54, 1.807) is 12.1 Å². The number of aliphatic hydroxyl groups excluding tert-OH is 1. The molecule has 4 aromatic heterocycles. The van der Waals surface area contributed by atoms with Gasteiger partial charge in [0.25, 0.3) is 0 Å². The van der Waals surface area contributed by atoms with Gasteiger partial charge in [0, 0.05) is 81.3 Å². The van der Waals surface area contributed by atoms with Gasteiger partial charge in [0.15, 0.2) is 0 Å². The monoisotopic (exact) mass is 1150 g/mol. The Bertz CT molecular complexity index is 3810. The van der Waals surface area contributed by atoms with Gasteiger partial charge >= 0.3 is 0 Å². The fourth-order valence-electron chi connectivity index (χ4n) is 9.80. The highest BCUT2D eigenvalue weighted by molar-refractivity contribution is 5.86. The van der Waals surface area contributed by atoms with Crippen LogP contribution in [0.25, 0.3) is 66.5 Å². The van der Waals surface area contributed by atoms with Gasteiger partial charge in [0.05, 0.1) is 59.1 Å². The molecule has 4 heterocycles. The number of fused-ring (bicyclic) bond motifs is 3. The third-order valence-corrected chi connectivity index (χ3v) is 13.7. The Balaban J connectivity index is 0.000000267. The summed E-state index contributed by atoms with van der Waals surface area (Å²) in [6.07, 6.45) is 1.99. The molecule has 0 aliphatic rings. The van der Waals surface area contributed by atoms with Crippen LogP contribution < -0.4 is 39.1 Å². The molecule has 0 atom stereocenters. The number of aromatic nitrogens is 4. The summed E-state index contributed by atoms with van der Waals surface area (Å²) >= 11 is 0. The first-order chi connectivity index (χ1) is 39.0. The molecule has 85 heavy (non-hydrogen) atoms. The van der Waals surface area contributed by atoms with Crippen molar-refractivity contribution in [3.05, 3.63) is 234 Å². The maximum Gasteiger partial charge on any atom is 0.123 e. The number of aromatic hydroxyl groups is 1. The molecule has 10 nitrogen and oxygen atoms in total. The van der Waals surface area contributed by atoms with Gasteiger partial charge in [-0.2, -0.15) is 0 Å². The largest absolute Gasteiger partial charge is 1.00 e. The number of halogens is 5. The number of nitrogens with one attached hydrogen (secondary N) is 2. The zero-order chi connectivity index (χ0) is 55.8. The molecule has 11 aromatic rings.